The van der Waals surface area contributed by atoms with Gasteiger partial charge in [0.2, 0.25) is 35.4 Å². The Kier molecular flexibility index (Phi) is 19.8. The molecule has 2 aromatic carbocycles. The zero-order chi connectivity index (χ0) is 51.3. The van der Waals surface area contributed by atoms with E-state index in [4.69, 9.17) is 4.74 Å². The van der Waals surface area contributed by atoms with Crippen molar-refractivity contribution in [2.24, 2.45) is 5.92 Å². The fourth-order valence-corrected chi connectivity index (χ4v) is 7.90. The number of nitrogens with one attached hydrogen (secondary N) is 6. The number of allylic oxidation sites excluding steroid dienone is 1. The number of phenolic OH excluding ortho intramolecular Hbond substituents is 1. The molecular weight excluding hydrogens is 897 g/mol. The maximum Gasteiger partial charge on any atom is 0.329 e. The number of likely N-dealkylation sites (N-methyl/N-ethyl adjacent to an activating group) is 1. The smallest absolute Gasteiger partial charge is 0.329 e. The van der Waals surface area contributed by atoms with Gasteiger partial charge in [0, 0.05) is 26.3 Å². The van der Waals surface area contributed by atoms with Crippen LogP contribution in [0.2, 0.25) is 0 Å². The van der Waals surface area contributed by atoms with E-state index in [1.54, 1.807) is 51.1 Å². The molecule has 8 amide bonds. The Bertz CT molecular complexity index is 2220. The number of aliphatic hydroxyl groups is 2. The third-order valence-corrected chi connectivity index (χ3v) is 11.9. The van der Waals surface area contributed by atoms with E-state index in [1.807, 2.05) is 0 Å². The number of nitrogens with zero attached hydrogens (tertiary/aromatic N) is 2. The third-order valence-electron chi connectivity index (χ3n) is 11.9. The molecule has 376 valence electrons. The summed E-state index contributed by atoms with van der Waals surface area (Å²) in [7, 11) is 1.34. The van der Waals surface area contributed by atoms with E-state index in [0.29, 0.717) is 17.5 Å². The Morgan fingerprint density at radius 1 is 0.841 bits per heavy atom. The molecule has 2 fully saturated rings. The van der Waals surface area contributed by atoms with Gasteiger partial charge in [-0.1, -0.05) is 69.3 Å². The van der Waals surface area contributed by atoms with Crippen LogP contribution in [0.4, 0.5) is 0 Å². The summed E-state index contributed by atoms with van der Waals surface area (Å²) in [5.74, 6) is -8.80. The van der Waals surface area contributed by atoms with E-state index < -0.39 is 126 Å². The molecule has 21 heteroatoms. The van der Waals surface area contributed by atoms with Gasteiger partial charge in [0.1, 0.15) is 66.1 Å². The molecule has 2 saturated heterocycles. The minimum Gasteiger partial charge on any atom is -0.508 e. The van der Waals surface area contributed by atoms with Gasteiger partial charge in [-0.15, -0.1) is 0 Å². The zero-order valence-corrected chi connectivity index (χ0v) is 40.2. The van der Waals surface area contributed by atoms with Gasteiger partial charge in [0.05, 0.1) is 6.10 Å². The lowest BCUT2D eigenvalue weighted by Gasteiger charge is -2.43. The van der Waals surface area contributed by atoms with Gasteiger partial charge in [-0.3, -0.25) is 38.4 Å². The van der Waals surface area contributed by atoms with Crippen LogP contribution < -0.4 is 31.9 Å². The van der Waals surface area contributed by atoms with Gasteiger partial charge in [-0.05, 0) is 76.1 Å². The topological polar surface area (TPSA) is 302 Å². The normalized spacial score (nSPS) is 25.1. The van der Waals surface area contributed by atoms with Crippen LogP contribution in [0.5, 0.6) is 5.75 Å². The summed E-state index contributed by atoms with van der Waals surface area (Å²) >= 11 is 0. The molecular formula is C48H66N8O13. The largest absolute Gasteiger partial charge is 0.508 e. The van der Waals surface area contributed by atoms with Crippen LogP contribution in [0.15, 0.2) is 66.4 Å². The lowest BCUT2D eigenvalue weighted by Crippen LogP contribution is -2.64. The van der Waals surface area contributed by atoms with Crippen LogP contribution in [0.1, 0.15) is 85.3 Å². The van der Waals surface area contributed by atoms with Gasteiger partial charge >= 0.3 is 5.97 Å². The highest BCUT2D eigenvalue weighted by atomic mass is 16.5. The van der Waals surface area contributed by atoms with Crippen molar-refractivity contribution in [2.45, 2.75) is 148 Å². The van der Waals surface area contributed by atoms with Crippen molar-refractivity contribution in [2.75, 3.05) is 7.05 Å². The molecule has 69 heavy (non-hydrogen) atoms. The number of amides is 8. The highest BCUT2D eigenvalue weighted by molar-refractivity contribution is 6.03. The average Bonchev–Trinajstić information content (AvgIpc) is 3.30. The Morgan fingerprint density at radius 2 is 1.46 bits per heavy atom. The molecule has 9 N–H and O–H groups in total. The maximum absolute atomic E-state index is 14.9. The molecule has 21 nitrogen and oxygen atoms in total. The van der Waals surface area contributed by atoms with E-state index in [9.17, 15) is 58.5 Å². The summed E-state index contributed by atoms with van der Waals surface area (Å²) in [4.78, 5) is 128. The summed E-state index contributed by atoms with van der Waals surface area (Å²) in [6.07, 6.45) is -3.32. The molecule has 0 spiro atoms. The number of aliphatic hydroxyl groups excluding tert-OH is 2. The summed E-state index contributed by atoms with van der Waals surface area (Å²) < 4.78 is 5.79. The first-order chi connectivity index (χ1) is 32.6. The predicted octanol–water partition coefficient (Wildman–Crippen LogP) is -0.440. The fraction of sp³-hybridized carbons (Fsp3) is 0.521. The van der Waals surface area contributed by atoms with E-state index in [-0.39, 0.29) is 37.9 Å². The first-order valence-electron chi connectivity index (χ1n) is 23.0. The van der Waals surface area contributed by atoms with E-state index in [1.165, 1.54) is 65.1 Å². The number of hydrogen-bond acceptors (Lipinski definition) is 13. The van der Waals surface area contributed by atoms with Gasteiger partial charge < -0.3 is 61.8 Å². The monoisotopic (exact) mass is 962 g/mol. The number of cyclic esters (lactones) is 1. The average molecular weight is 963 g/mol. The Hall–Kier alpha value is -6.87. The van der Waals surface area contributed by atoms with Gasteiger partial charge in [0.15, 0.2) is 0 Å². The number of esters is 1. The van der Waals surface area contributed by atoms with Crippen molar-refractivity contribution in [3.05, 3.63) is 77.5 Å². The van der Waals surface area contributed by atoms with E-state index >= 15 is 0 Å². The Morgan fingerprint density at radius 3 is 2.06 bits per heavy atom. The predicted molar refractivity (Wildman–Crippen MR) is 249 cm³/mol. The Labute approximate surface area is 401 Å². The first-order valence-corrected chi connectivity index (χ1v) is 23.0. The molecule has 10 atom stereocenters. The molecule has 4 unspecified atom stereocenters. The van der Waals surface area contributed by atoms with Gasteiger partial charge in [0.25, 0.3) is 11.8 Å². The summed E-state index contributed by atoms with van der Waals surface area (Å²) in [6.45, 7) is 10.2. The lowest BCUT2D eigenvalue weighted by atomic mass is 9.95. The second kappa shape index (κ2) is 24.9. The van der Waals surface area contributed by atoms with Crippen molar-refractivity contribution >= 4 is 53.2 Å². The van der Waals surface area contributed by atoms with Crippen LogP contribution in [-0.4, -0.2) is 146 Å². The van der Waals surface area contributed by atoms with Crippen molar-refractivity contribution < 1.29 is 63.2 Å². The highest BCUT2D eigenvalue weighted by Crippen LogP contribution is 2.25. The second-order valence-corrected chi connectivity index (χ2v) is 17.7. The minimum atomic E-state index is -1.86. The minimum absolute atomic E-state index is 0.0645. The number of phenols is 1. The second-order valence-electron chi connectivity index (χ2n) is 17.7. The number of fused-ring (bicyclic) bond motifs is 2. The van der Waals surface area contributed by atoms with Crippen molar-refractivity contribution in [1.29, 1.82) is 0 Å². The molecule has 0 aliphatic carbocycles. The standard InChI is InChI=1S/C48H66N8O13/c1-9-14-36(59)49-26(5)41(61)53-39(27(6)57)44(64)54-40-28(7)69-48(68)38(25(3)4)52-43(63)34(23-30-17-19-31(58)20-18-30)55(8)47(67)35(24-29-15-12-11-13-16-29)56-37(60)22-21-33(46(56)66)51-42(62)32(10-2)50-45(40)65/h10-13,15-20,25-28,33-35,37-40,57-58,60H,9,14,21-24H2,1-8H3,(H,49,59)(H,50,65)(H,51,62)(H,52,63)(H,53,61)(H,54,64)/b32-10-/t26?,27?,28?,33-,34-,35-,37+,38-,39-,40?/m1/s1. The highest BCUT2D eigenvalue weighted by Gasteiger charge is 2.45. The fourth-order valence-electron chi connectivity index (χ4n) is 7.90. The Balaban J connectivity index is 1.82. The molecule has 2 aliphatic heterocycles. The van der Waals surface area contributed by atoms with Crippen LogP contribution >= 0.6 is 0 Å². The molecule has 2 heterocycles. The SMILES string of the molecule is C/C=C1\NC(=O)C(NC(=O)[C@H](NC(=O)C(C)NC(=O)CCC)C(C)O)C(C)OC(=O)[C@@H](C(C)C)NC(=O)[C@@H](Cc2ccc(O)cc2)N(C)C(=O)[C@@H](Cc2ccccc2)N2C(=O)[C@@H](CC[C@@H]2O)NC1=O. The van der Waals surface area contributed by atoms with Crippen molar-refractivity contribution in [1.82, 2.24) is 41.7 Å². The maximum atomic E-state index is 14.9. The van der Waals surface area contributed by atoms with Gasteiger partial charge in [-0.2, -0.15) is 0 Å². The third kappa shape index (κ3) is 14.6. The lowest BCUT2D eigenvalue weighted by molar-refractivity contribution is -0.165. The molecule has 2 aromatic rings. The van der Waals surface area contributed by atoms with E-state index in [2.05, 4.69) is 31.9 Å². The number of aromatic hydroxyl groups is 1. The first kappa shape index (κ1) is 54.7. The van der Waals surface area contributed by atoms with Crippen molar-refractivity contribution in [3.8, 4) is 5.75 Å². The molecule has 0 radical (unpaired) electrons. The number of carbonyl (C=O) groups excluding carboxylic acids is 9. The van der Waals surface area contributed by atoms with Crippen molar-refractivity contribution in [3.63, 3.8) is 0 Å². The number of benzene rings is 2. The zero-order valence-electron chi connectivity index (χ0n) is 40.2. The number of hydrogen-bond donors (Lipinski definition) is 9. The molecule has 0 aromatic heterocycles. The van der Waals surface area contributed by atoms with Crippen LogP contribution in [0, 0.1) is 5.92 Å². The van der Waals surface area contributed by atoms with Crippen LogP contribution in [0.3, 0.4) is 0 Å². The summed E-state index contributed by atoms with van der Waals surface area (Å²) in [5.41, 5.74) is 0.670. The van der Waals surface area contributed by atoms with Crippen LogP contribution in [-0.2, 0) is 60.7 Å². The van der Waals surface area contributed by atoms with E-state index in [0.717, 1.165) is 9.80 Å². The quantitative estimate of drug-likeness (QED) is 0.0910. The van der Waals surface area contributed by atoms with Crippen LogP contribution in [0.25, 0.3) is 0 Å². The number of rotatable bonds is 13. The number of piperidine rings is 1. The molecule has 2 bridgehead atoms. The number of carbonyl (C=O) groups is 9. The number of ether oxygens (including phenoxy) is 1. The van der Waals surface area contributed by atoms with Gasteiger partial charge in [-0.25, -0.2) is 4.79 Å². The summed E-state index contributed by atoms with van der Waals surface area (Å²) in [5, 5.41) is 47.1. The molecule has 0 saturated carbocycles. The molecule has 4 rings (SSSR count). The molecule has 2 aliphatic rings. The summed E-state index contributed by atoms with van der Waals surface area (Å²) in [6, 6.07) is 4.14.